The summed E-state index contributed by atoms with van der Waals surface area (Å²) in [5.41, 5.74) is -0.178. The minimum absolute atomic E-state index is 0.0117. The van der Waals surface area contributed by atoms with Crippen LogP contribution in [0.5, 0.6) is 0 Å². The van der Waals surface area contributed by atoms with Gasteiger partial charge >= 0.3 is 0 Å². The molecule has 2 heterocycles. The van der Waals surface area contributed by atoms with Gasteiger partial charge < -0.3 is 9.64 Å². The van der Waals surface area contributed by atoms with Gasteiger partial charge in [-0.2, -0.15) is 0 Å². The lowest BCUT2D eigenvalue weighted by Gasteiger charge is -2.25. The van der Waals surface area contributed by atoms with Crippen molar-refractivity contribution in [1.29, 1.82) is 0 Å². The summed E-state index contributed by atoms with van der Waals surface area (Å²) in [4.78, 5) is 16.5. The number of pyridine rings is 1. The maximum absolute atomic E-state index is 10.7. The maximum Gasteiger partial charge on any atom is 0.288 e. The first-order valence-corrected chi connectivity index (χ1v) is 7.28. The van der Waals surface area contributed by atoms with Crippen molar-refractivity contribution in [3.63, 3.8) is 0 Å². The molecule has 0 aliphatic carbocycles. The van der Waals surface area contributed by atoms with E-state index in [-0.39, 0.29) is 17.4 Å². The van der Waals surface area contributed by atoms with Crippen LogP contribution in [-0.4, -0.2) is 34.7 Å². The number of aromatic nitrogens is 1. The summed E-state index contributed by atoms with van der Waals surface area (Å²) in [5.74, 6) is 0.732. The Labute approximate surface area is 126 Å². The smallest absolute Gasteiger partial charge is 0.288 e. The van der Waals surface area contributed by atoms with Crippen LogP contribution in [-0.2, 0) is 4.74 Å². The van der Waals surface area contributed by atoms with E-state index in [0.29, 0.717) is 4.47 Å². The molecule has 2 rings (SSSR count). The fraction of sp³-hybridized carbons (Fsp3) is 0.615. The van der Waals surface area contributed by atoms with Crippen molar-refractivity contribution >= 4 is 27.4 Å². The van der Waals surface area contributed by atoms with E-state index in [0.717, 1.165) is 25.3 Å². The molecule has 1 aliphatic heterocycles. The highest BCUT2D eigenvalue weighted by Crippen LogP contribution is 2.31. The third kappa shape index (κ3) is 3.67. The van der Waals surface area contributed by atoms with Crippen molar-refractivity contribution < 1.29 is 9.66 Å². The van der Waals surface area contributed by atoms with Gasteiger partial charge in [0, 0.05) is 19.2 Å². The lowest BCUT2D eigenvalue weighted by atomic mass is 10.2. The summed E-state index contributed by atoms with van der Waals surface area (Å²) in [6.07, 6.45) is 2.39. The highest BCUT2D eigenvalue weighted by molar-refractivity contribution is 9.10. The van der Waals surface area contributed by atoms with Gasteiger partial charge in [-0.05, 0) is 43.1 Å². The molecule has 1 aromatic heterocycles. The quantitative estimate of drug-likeness (QED) is 0.622. The Kier molecular flexibility index (Phi) is 4.29. The molecule has 1 saturated heterocycles. The number of hydrogen-bond acceptors (Lipinski definition) is 5. The number of ether oxygens (including phenoxy) is 1. The molecular weight excluding hydrogens is 326 g/mol. The summed E-state index contributed by atoms with van der Waals surface area (Å²) in [6.45, 7) is 7.70. The van der Waals surface area contributed by atoms with E-state index in [1.807, 2.05) is 20.8 Å². The summed E-state index contributed by atoms with van der Waals surface area (Å²) in [7, 11) is 0. The van der Waals surface area contributed by atoms with E-state index >= 15 is 0 Å². The van der Waals surface area contributed by atoms with Crippen molar-refractivity contribution in [2.45, 2.75) is 38.9 Å². The largest absolute Gasteiger partial charge is 0.371 e. The van der Waals surface area contributed by atoms with Gasteiger partial charge in [0.25, 0.3) is 5.69 Å². The first-order valence-electron chi connectivity index (χ1n) is 6.49. The summed E-state index contributed by atoms with van der Waals surface area (Å²) in [5, 5.41) is 10.7. The zero-order valence-electron chi connectivity index (χ0n) is 11.8. The zero-order valence-corrected chi connectivity index (χ0v) is 13.4. The van der Waals surface area contributed by atoms with E-state index in [1.165, 1.54) is 12.3 Å². The molecule has 0 radical (unpaired) electrons. The van der Waals surface area contributed by atoms with Crippen LogP contribution in [0.25, 0.3) is 0 Å². The predicted octanol–water partition coefficient (Wildman–Crippen LogP) is 3.15. The molecule has 0 N–H and O–H groups in total. The molecule has 6 nitrogen and oxygen atoms in total. The third-order valence-corrected chi connectivity index (χ3v) is 3.57. The van der Waals surface area contributed by atoms with Gasteiger partial charge in [0.05, 0.1) is 21.1 Å². The third-order valence-electron chi connectivity index (χ3n) is 2.98. The van der Waals surface area contributed by atoms with Crippen LogP contribution in [0.2, 0.25) is 0 Å². The van der Waals surface area contributed by atoms with Crippen LogP contribution in [0.4, 0.5) is 11.5 Å². The summed E-state index contributed by atoms with van der Waals surface area (Å²) < 4.78 is 6.60. The molecule has 20 heavy (non-hydrogen) atoms. The van der Waals surface area contributed by atoms with E-state index in [4.69, 9.17) is 4.74 Å². The van der Waals surface area contributed by atoms with Crippen molar-refractivity contribution in [2.75, 3.05) is 18.0 Å². The van der Waals surface area contributed by atoms with Crippen LogP contribution >= 0.6 is 15.9 Å². The lowest BCUT2D eigenvalue weighted by molar-refractivity contribution is -0.385. The number of rotatable bonds is 3. The van der Waals surface area contributed by atoms with Crippen molar-refractivity contribution in [3.05, 3.63) is 26.9 Å². The maximum atomic E-state index is 10.7. The average Bonchev–Trinajstić information content (AvgIpc) is 2.74. The Hall–Kier alpha value is -1.21. The Morgan fingerprint density at radius 3 is 2.80 bits per heavy atom. The first kappa shape index (κ1) is 15.2. The molecule has 0 saturated carbocycles. The zero-order chi connectivity index (χ0) is 14.9. The molecule has 0 bridgehead atoms. The highest BCUT2D eigenvalue weighted by Gasteiger charge is 2.29. The Morgan fingerprint density at radius 2 is 2.25 bits per heavy atom. The fourth-order valence-electron chi connectivity index (χ4n) is 2.27. The van der Waals surface area contributed by atoms with Gasteiger partial charge in [-0.3, -0.25) is 10.1 Å². The molecule has 1 fully saturated rings. The molecule has 1 atom stereocenters. The van der Waals surface area contributed by atoms with Crippen LogP contribution in [0.15, 0.2) is 16.7 Å². The SMILES string of the molecule is CC(C)(C)O[C@H]1CCN(c2ncc([N+](=O)[O-])cc2Br)C1. The standard InChI is InChI=1S/C13H18BrN3O3/c1-13(2,3)20-10-4-5-16(8-10)12-11(14)6-9(7-15-12)17(18)19/h6-7,10H,4-5,8H2,1-3H3/t10-/m0/s1. The minimum atomic E-state index is -0.447. The van der Waals surface area contributed by atoms with E-state index in [1.54, 1.807) is 0 Å². The van der Waals surface area contributed by atoms with Crippen molar-refractivity contribution in [3.8, 4) is 0 Å². The second-order valence-corrected chi connectivity index (χ2v) is 6.70. The molecule has 0 unspecified atom stereocenters. The second kappa shape index (κ2) is 5.65. The highest BCUT2D eigenvalue weighted by atomic mass is 79.9. The Morgan fingerprint density at radius 1 is 1.55 bits per heavy atom. The number of nitrogens with zero attached hydrogens (tertiary/aromatic N) is 3. The number of halogens is 1. The van der Waals surface area contributed by atoms with Crippen LogP contribution in [0, 0.1) is 10.1 Å². The number of anilines is 1. The van der Waals surface area contributed by atoms with Crippen LogP contribution < -0.4 is 4.90 Å². The predicted molar refractivity (Wildman–Crippen MR) is 80.0 cm³/mol. The van der Waals surface area contributed by atoms with Gasteiger partial charge in [0.1, 0.15) is 12.0 Å². The summed E-state index contributed by atoms with van der Waals surface area (Å²) in [6, 6.07) is 1.49. The molecule has 1 aliphatic rings. The normalized spacial score (nSPS) is 19.4. The number of hydrogen-bond donors (Lipinski definition) is 0. The Balaban J connectivity index is 2.08. The van der Waals surface area contributed by atoms with E-state index < -0.39 is 4.92 Å². The summed E-state index contributed by atoms with van der Waals surface area (Å²) >= 11 is 3.36. The molecular formula is C13H18BrN3O3. The fourth-order valence-corrected chi connectivity index (χ4v) is 2.86. The van der Waals surface area contributed by atoms with Gasteiger partial charge in [-0.1, -0.05) is 0 Å². The minimum Gasteiger partial charge on any atom is -0.371 e. The molecule has 7 heteroatoms. The lowest BCUT2D eigenvalue weighted by Crippen LogP contribution is -2.30. The molecule has 0 amide bonds. The monoisotopic (exact) mass is 343 g/mol. The molecule has 110 valence electrons. The average molecular weight is 344 g/mol. The number of nitro groups is 1. The first-order chi connectivity index (χ1) is 9.26. The molecule has 1 aromatic rings. The van der Waals surface area contributed by atoms with Gasteiger partial charge in [-0.25, -0.2) is 4.98 Å². The van der Waals surface area contributed by atoms with Crippen LogP contribution in [0.1, 0.15) is 27.2 Å². The van der Waals surface area contributed by atoms with Gasteiger partial charge in [-0.15, -0.1) is 0 Å². The Bertz CT molecular complexity index is 516. The molecule has 0 aromatic carbocycles. The topological polar surface area (TPSA) is 68.5 Å². The van der Waals surface area contributed by atoms with E-state index in [2.05, 4.69) is 25.8 Å². The van der Waals surface area contributed by atoms with Crippen molar-refractivity contribution in [1.82, 2.24) is 4.98 Å². The second-order valence-electron chi connectivity index (χ2n) is 5.84. The van der Waals surface area contributed by atoms with Crippen molar-refractivity contribution in [2.24, 2.45) is 0 Å². The van der Waals surface area contributed by atoms with Crippen LogP contribution in [0.3, 0.4) is 0 Å². The van der Waals surface area contributed by atoms with E-state index in [9.17, 15) is 10.1 Å². The van der Waals surface area contributed by atoms with Gasteiger partial charge in [0.2, 0.25) is 0 Å². The molecule has 0 spiro atoms. The van der Waals surface area contributed by atoms with Gasteiger partial charge in [0.15, 0.2) is 0 Å².